The number of methoxy groups -OCH3 is 1. The molecule has 0 aliphatic heterocycles. The van der Waals surface area contributed by atoms with Crippen molar-refractivity contribution >= 4 is 37.3 Å². The molecule has 1 aromatic heterocycles. The van der Waals surface area contributed by atoms with E-state index in [9.17, 15) is 13.5 Å². The number of halogens is 1. The molecule has 2 aromatic rings. The largest absolute Gasteiger partial charge is 0.496 e. The fourth-order valence-corrected chi connectivity index (χ4v) is 4.31. The van der Waals surface area contributed by atoms with Crippen LogP contribution in [0.25, 0.3) is 0 Å². The number of hydrogen-bond acceptors (Lipinski definition) is 5. The molecule has 0 saturated carbocycles. The predicted octanol–water partition coefficient (Wildman–Crippen LogP) is 2.49. The summed E-state index contributed by atoms with van der Waals surface area (Å²) < 4.78 is 33.0. The van der Waals surface area contributed by atoms with E-state index in [2.05, 4.69) is 20.7 Å². The Labute approximate surface area is 135 Å². The average Bonchev–Trinajstić information content (AvgIpc) is 2.89. The highest BCUT2D eigenvalue weighted by Gasteiger charge is 2.17. The lowest BCUT2D eigenvalue weighted by molar-refractivity contribution is 0.273. The summed E-state index contributed by atoms with van der Waals surface area (Å²) in [7, 11) is -2.17. The first-order valence-electron chi connectivity index (χ1n) is 5.97. The molecular weight excluding hydrogens is 378 g/mol. The smallest absolute Gasteiger partial charge is 0.240 e. The number of ether oxygens (including phenoxy) is 1. The molecule has 2 N–H and O–H groups in total. The van der Waals surface area contributed by atoms with Crippen LogP contribution in [-0.2, 0) is 23.2 Å². The molecule has 0 bridgehead atoms. The van der Waals surface area contributed by atoms with E-state index >= 15 is 0 Å². The van der Waals surface area contributed by atoms with E-state index in [1.165, 1.54) is 36.6 Å². The average molecular weight is 392 g/mol. The van der Waals surface area contributed by atoms with E-state index in [1.54, 1.807) is 0 Å². The Morgan fingerprint density at radius 1 is 1.38 bits per heavy atom. The van der Waals surface area contributed by atoms with Gasteiger partial charge in [-0.05, 0) is 45.6 Å². The fraction of sp³-hybridized carbons (Fsp3) is 0.231. The Hall–Kier alpha value is -0.930. The highest BCUT2D eigenvalue weighted by molar-refractivity contribution is 9.10. The SMILES string of the molecule is COc1ccc(S(=O)(=O)NCc2sccc2Br)cc1CO. The summed E-state index contributed by atoms with van der Waals surface area (Å²) in [4.78, 5) is 0.995. The first kappa shape index (κ1) is 16.4. The van der Waals surface area contributed by atoms with Crippen LogP contribution in [0.5, 0.6) is 5.75 Å². The summed E-state index contributed by atoms with van der Waals surface area (Å²) in [5.74, 6) is 0.456. The topological polar surface area (TPSA) is 75.6 Å². The number of thiophene rings is 1. The van der Waals surface area contributed by atoms with Crippen molar-refractivity contribution in [3.63, 3.8) is 0 Å². The summed E-state index contributed by atoms with van der Waals surface area (Å²) in [6.45, 7) is -0.0793. The second kappa shape index (κ2) is 6.89. The fourth-order valence-electron chi connectivity index (χ4n) is 1.74. The summed E-state index contributed by atoms with van der Waals surface area (Å²) in [5.41, 5.74) is 0.428. The zero-order valence-corrected chi connectivity index (χ0v) is 14.4. The number of hydrogen-bond donors (Lipinski definition) is 2. The summed E-state index contributed by atoms with van der Waals surface area (Å²) in [5, 5.41) is 11.1. The van der Waals surface area contributed by atoms with Gasteiger partial charge in [0.25, 0.3) is 0 Å². The van der Waals surface area contributed by atoms with Crippen LogP contribution in [-0.4, -0.2) is 20.6 Å². The third kappa shape index (κ3) is 3.83. The van der Waals surface area contributed by atoms with Gasteiger partial charge < -0.3 is 9.84 Å². The molecule has 0 aliphatic rings. The summed E-state index contributed by atoms with van der Waals surface area (Å²) >= 11 is 4.82. The third-order valence-corrected chi connectivity index (χ3v) is 6.17. The number of benzene rings is 1. The lowest BCUT2D eigenvalue weighted by atomic mass is 10.2. The van der Waals surface area contributed by atoms with Gasteiger partial charge >= 0.3 is 0 Å². The second-order valence-corrected chi connectivity index (χ2v) is 7.77. The molecule has 5 nitrogen and oxygen atoms in total. The standard InChI is InChI=1S/C13H14BrNO4S2/c1-19-12-3-2-10(6-9(12)8-16)21(17,18)15-7-13-11(14)4-5-20-13/h2-6,15-16H,7-8H2,1H3. The molecule has 0 spiro atoms. The quantitative estimate of drug-likeness (QED) is 0.792. The number of nitrogens with one attached hydrogen (secondary N) is 1. The third-order valence-electron chi connectivity index (χ3n) is 2.85. The van der Waals surface area contributed by atoms with Crippen molar-refractivity contribution in [3.05, 3.63) is 44.6 Å². The van der Waals surface area contributed by atoms with Crippen molar-refractivity contribution in [2.24, 2.45) is 0 Å². The molecule has 114 valence electrons. The minimum absolute atomic E-state index is 0.0972. The number of rotatable bonds is 6. The molecule has 0 saturated heterocycles. The molecule has 0 aliphatic carbocycles. The Kier molecular flexibility index (Phi) is 5.39. The number of sulfonamides is 1. The maximum Gasteiger partial charge on any atom is 0.240 e. The molecular formula is C13H14BrNO4S2. The molecule has 0 atom stereocenters. The van der Waals surface area contributed by atoms with Crippen LogP contribution in [0.3, 0.4) is 0 Å². The van der Waals surface area contributed by atoms with Gasteiger partial charge in [-0.1, -0.05) is 0 Å². The van der Waals surface area contributed by atoms with Crippen LogP contribution in [0.4, 0.5) is 0 Å². The van der Waals surface area contributed by atoms with Crippen LogP contribution in [0, 0.1) is 0 Å². The summed E-state index contributed by atoms with van der Waals surface area (Å²) in [6, 6.07) is 6.25. The van der Waals surface area contributed by atoms with Crippen LogP contribution in [0.2, 0.25) is 0 Å². The molecule has 1 aromatic carbocycles. The van der Waals surface area contributed by atoms with Gasteiger partial charge in [-0.15, -0.1) is 11.3 Å². The van der Waals surface area contributed by atoms with Crippen molar-refractivity contribution in [1.82, 2.24) is 4.72 Å². The van der Waals surface area contributed by atoms with E-state index in [0.29, 0.717) is 11.3 Å². The van der Waals surface area contributed by atoms with E-state index in [-0.39, 0.29) is 18.0 Å². The first-order chi connectivity index (χ1) is 9.97. The van der Waals surface area contributed by atoms with E-state index < -0.39 is 10.0 Å². The number of aliphatic hydroxyl groups excluding tert-OH is 1. The van der Waals surface area contributed by atoms with Crippen molar-refractivity contribution in [1.29, 1.82) is 0 Å². The Balaban J connectivity index is 2.21. The van der Waals surface area contributed by atoms with Crippen LogP contribution in [0.1, 0.15) is 10.4 Å². The second-order valence-electron chi connectivity index (χ2n) is 4.15. The zero-order valence-electron chi connectivity index (χ0n) is 11.2. The van der Waals surface area contributed by atoms with E-state index in [0.717, 1.165) is 9.35 Å². The van der Waals surface area contributed by atoms with Crippen molar-refractivity contribution in [3.8, 4) is 5.75 Å². The van der Waals surface area contributed by atoms with Gasteiger partial charge in [0.15, 0.2) is 0 Å². The monoisotopic (exact) mass is 391 g/mol. The van der Waals surface area contributed by atoms with Crippen molar-refractivity contribution in [2.75, 3.05) is 7.11 Å². The number of aliphatic hydroxyl groups is 1. The van der Waals surface area contributed by atoms with Crippen LogP contribution >= 0.6 is 27.3 Å². The highest BCUT2D eigenvalue weighted by Crippen LogP contribution is 2.24. The zero-order chi connectivity index (χ0) is 15.5. The highest BCUT2D eigenvalue weighted by atomic mass is 79.9. The molecule has 21 heavy (non-hydrogen) atoms. The van der Waals surface area contributed by atoms with Gasteiger partial charge in [-0.2, -0.15) is 0 Å². The van der Waals surface area contributed by atoms with Crippen molar-refractivity contribution < 1.29 is 18.3 Å². The molecule has 0 unspecified atom stereocenters. The molecule has 8 heteroatoms. The lowest BCUT2D eigenvalue weighted by Crippen LogP contribution is -2.23. The van der Waals surface area contributed by atoms with Crippen molar-refractivity contribution in [2.45, 2.75) is 18.0 Å². The maximum atomic E-state index is 12.3. The van der Waals surface area contributed by atoms with Gasteiger partial charge in [0.05, 0.1) is 18.6 Å². The predicted molar refractivity (Wildman–Crippen MR) is 85.0 cm³/mol. The van der Waals surface area contributed by atoms with Crippen LogP contribution < -0.4 is 9.46 Å². The van der Waals surface area contributed by atoms with Gasteiger partial charge in [-0.25, -0.2) is 13.1 Å². The minimum atomic E-state index is -3.64. The van der Waals surface area contributed by atoms with Gasteiger partial charge in [0, 0.05) is 21.5 Å². The summed E-state index contributed by atoms with van der Waals surface area (Å²) in [6.07, 6.45) is 0. The molecule has 0 radical (unpaired) electrons. The molecule has 0 amide bonds. The minimum Gasteiger partial charge on any atom is -0.496 e. The Morgan fingerprint density at radius 2 is 2.14 bits per heavy atom. The normalized spacial score (nSPS) is 11.6. The Morgan fingerprint density at radius 3 is 2.71 bits per heavy atom. The molecule has 1 heterocycles. The molecule has 2 rings (SSSR count). The van der Waals surface area contributed by atoms with Gasteiger partial charge in [0.2, 0.25) is 10.0 Å². The Bertz CT molecular complexity index is 728. The van der Waals surface area contributed by atoms with E-state index in [1.807, 2.05) is 11.4 Å². The van der Waals surface area contributed by atoms with E-state index in [4.69, 9.17) is 4.74 Å². The van der Waals surface area contributed by atoms with Crippen LogP contribution in [0.15, 0.2) is 39.0 Å². The lowest BCUT2D eigenvalue weighted by Gasteiger charge is -2.10. The van der Waals surface area contributed by atoms with Gasteiger partial charge in [-0.3, -0.25) is 0 Å². The van der Waals surface area contributed by atoms with Gasteiger partial charge in [0.1, 0.15) is 5.75 Å². The first-order valence-corrected chi connectivity index (χ1v) is 9.13. The molecule has 0 fully saturated rings. The maximum absolute atomic E-state index is 12.3.